The number of nitrogens with one attached hydrogen (secondary N) is 1. The molecule has 0 unspecified atom stereocenters. The molecule has 1 aliphatic carbocycles. The molecule has 18 heavy (non-hydrogen) atoms. The molecule has 1 heteroatoms. The van der Waals surface area contributed by atoms with E-state index in [0.29, 0.717) is 0 Å². The summed E-state index contributed by atoms with van der Waals surface area (Å²) in [5, 5.41) is 3.75. The lowest BCUT2D eigenvalue weighted by Gasteiger charge is -2.28. The Kier molecular flexibility index (Phi) is 9.65. The molecular formula is C17H35N. The molecule has 0 bridgehead atoms. The summed E-state index contributed by atoms with van der Waals surface area (Å²) in [4.78, 5) is 0. The van der Waals surface area contributed by atoms with Crippen molar-refractivity contribution >= 4 is 0 Å². The molecule has 1 rings (SSSR count). The van der Waals surface area contributed by atoms with Crippen molar-refractivity contribution in [3.05, 3.63) is 0 Å². The van der Waals surface area contributed by atoms with Gasteiger partial charge >= 0.3 is 0 Å². The minimum atomic E-state index is 0.755. The molecule has 1 atom stereocenters. The van der Waals surface area contributed by atoms with E-state index in [2.05, 4.69) is 19.2 Å². The van der Waals surface area contributed by atoms with Crippen LogP contribution in [0, 0.1) is 5.92 Å². The summed E-state index contributed by atoms with van der Waals surface area (Å²) in [6.07, 6.45) is 17.3. The summed E-state index contributed by atoms with van der Waals surface area (Å²) in [5.41, 5.74) is 0. The predicted molar refractivity (Wildman–Crippen MR) is 82.0 cm³/mol. The van der Waals surface area contributed by atoms with Gasteiger partial charge in [-0.1, -0.05) is 64.7 Å². The Morgan fingerprint density at radius 1 is 0.889 bits per heavy atom. The molecular weight excluding hydrogens is 218 g/mol. The highest BCUT2D eigenvalue weighted by Crippen LogP contribution is 2.26. The maximum absolute atomic E-state index is 3.75. The highest BCUT2D eigenvalue weighted by atomic mass is 14.9. The third-order valence-electron chi connectivity index (χ3n) is 4.60. The summed E-state index contributed by atoms with van der Waals surface area (Å²) >= 11 is 0. The van der Waals surface area contributed by atoms with Crippen molar-refractivity contribution < 1.29 is 0 Å². The van der Waals surface area contributed by atoms with Crippen LogP contribution < -0.4 is 5.32 Å². The van der Waals surface area contributed by atoms with Gasteiger partial charge in [-0.3, -0.25) is 0 Å². The van der Waals surface area contributed by atoms with Crippen LogP contribution in [0.25, 0.3) is 0 Å². The molecule has 1 fully saturated rings. The number of hydrogen-bond acceptors (Lipinski definition) is 1. The van der Waals surface area contributed by atoms with E-state index in [0.717, 1.165) is 12.0 Å². The lowest BCUT2D eigenvalue weighted by molar-refractivity contribution is 0.280. The van der Waals surface area contributed by atoms with E-state index in [1.807, 2.05) is 0 Å². The molecule has 0 aliphatic heterocycles. The van der Waals surface area contributed by atoms with Gasteiger partial charge in [-0.25, -0.2) is 0 Å². The zero-order chi connectivity index (χ0) is 13.1. The van der Waals surface area contributed by atoms with Gasteiger partial charge in [0.05, 0.1) is 0 Å². The standard InChI is InChI=1S/C17H35N/c1-3-4-5-6-7-8-12-15-18-16(2)17-13-10-9-11-14-17/h16-18H,3-15H2,1-2H3/t16-/m1/s1. The fourth-order valence-corrected chi connectivity index (χ4v) is 3.21. The van der Waals surface area contributed by atoms with Crippen LogP contribution in [-0.4, -0.2) is 12.6 Å². The zero-order valence-electron chi connectivity index (χ0n) is 12.8. The van der Waals surface area contributed by atoms with Gasteiger partial charge in [0.15, 0.2) is 0 Å². The second-order valence-electron chi connectivity index (χ2n) is 6.26. The number of hydrogen-bond donors (Lipinski definition) is 1. The van der Waals surface area contributed by atoms with Crippen molar-refractivity contribution in [1.29, 1.82) is 0 Å². The van der Waals surface area contributed by atoms with E-state index in [-0.39, 0.29) is 0 Å². The summed E-state index contributed by atoms with van der Waals surface area (Å²) in [5.74, 6) is 0.961. The first-order chi connectivity index (χ1) is 8.84. The second kappa shape index (κ2) is 10.8. The molecule has 1 saturated carbocycles. The Morgan fingerprint density at radius 2 is 1.50 bits per heavy atom. The van der Waals surface area contributed by atoms with Gasteiger partial charge in [0.1, 0.15) is 0 Å². The van der Waals surface area contributed by atoms with Crippen LogP contribution in [0.15, 0.2) is 0 Å². The van der Waals surface area contributed by atoms with E-state index in [9.17, 15) is 0 Å². The summed E-state index contributed by atoms with van der Waals surface area (Å²) < 4.78 is 0. The maximum atomic E-state index is 3.75. The SMILES string of the molecule is CCCCCCCCCN[C@H](C)C1CCCCC1. The Balaban J connectivity index is 1.87. The quantitative estimate of drug-likeness (QED) is 0.521. The molecule has 1 aliphatic rings. The van der Waals surface area contributed by atoms with E-state index >= 15 is 0 Å². The molecule has 0 aromatic rings. The van der Waals surface area contributed by atoms with Gasteiger partial charge in [0.25, 0.3) is 0 Å². The van der Waals surface area contributed by atoms with Crippen LogP contribution in [0.2, 0.25) is 0 Å². The largest absolute Gasteiger partial charge is 0.314 e. The molecule has 0 radical (unpaired) electrons. The minimum absolute atomic E-state index is 0.755. The van der Waals surface area contributed by atoms with E-state index < -0.39 is 0 Å². The highest BCUT2D eigenvalue weighted by Gasteiger charge is 2.18. The van der Waals surface area contributed by atoms with Crippen molar-refractivity contribution in [1.82, 2.24) is 5.32 Å². The third kappa shape index (κ3) is 7.41. The average molecular weight is 253 g/mol. The number of unbranched alkanes of at least 4 members (excludes halogenated alkanes) is 6. The van der Waals surface area contributed by atoms with Gasteiger partial charge in [-0.05, 0) is 38.6 Å². The topological polar surface area (TPSA) is 12.0 Å². The van der Waals surface area contributed by atoms with Gasteiger partial charge in [0.2, 0.25) is 0 Å². The summed E-state index contributed by atoms with van der Waals surface area (Å²) in [7, 11) is 0. The molecule has 0 aromatic carbocycles. The third-order valence-corrected chi connectivity index (χ3v) is 4.60. The normalized spacial score (nSPS) is 19.0. The Bertz CT molecular complexity index is 172. The van der Waals surface area contributed by atoms with Crippen LogP contribution in [0.1, 0.15) is 90.9 Å². The second-order valence-corrected chi connectivity index (χ2v) is 6.26. The molecule has 0 aromatic heterocycles. The summed E-state index contributed by atoms with van der Waals surface area (Å²) in [6, 6.07) is 0.755. The molecule has 0 spiro atoms. The van der Waals surface area contributed by atoms with Crippen molar-refractivity contribution in [2.24, 2.45) is 5.92 Å². The van der Waals surface area contributed by atoms with Gasteiger partial charge in [-0.2, -0.15) is 0 Å². The zero-order valence-corrected chi connectivity index (χ0v) is 12.8. The van der Waals surface area contributed by atoms with Crippen LogP contribution >= 0.6 is 0 Å². The van der Waals surface area contributed by atoms with E-state index in [1.165, 1.54) is 83.6 Å². The maximum Gasteiger partial charge on any atom is 0.00669 e. The van der Waals surface area contributed by atoms with Crippen LogP contribution in [-0.2, 0) is 0 Å². The molecule has 0 amide bonds. The fourth-order valence-electron chi connectivity index (χ4n) is 3.21. The monoisotopic (exact) mass is 253 g/mol. The molecule has 0 heterocycles. The lowest BCUT2D eigenvalue weighted by atomic mass is 9.84. The first-order valence-corrected chi connectivity index (χ1v) is 8.58. The predicted octanol–water partition coefficient (Wildman–Crippen LogP) is 5.30. The molecule has 1 N–H and O–H groups in total. The van der Waals surface area contributed by atoms with Gasteiger partial charge in [0, 0.05) is 6.04 Å². The lowest BCUT2D eigenvalue weighted by Crippen LogP contribution is -2.35. The van der Waals surface area contributed by atoms with Gasteiger partial charge < -0.3 is 5.32 Å². The smallest absolute Gasteiger partial charge is 0.00669 e. The van der Waals surface area contributed by atoms with Crippen molar-refractivity contribution in [2.45, 2.75) is 96.9 Å². The van der Waals surface area contributed by atoms with Crippen LogP contribution in [0.4, 0.5) is 0 Å². The van der Waals surface area contributed by atoms with Crippen LogP contribution in [0.5, 0.6) is 0 Å². The Morgan fingerprint density at radius 3 is 2.17 bits per heavy atom. The van der Waals surface area contributed by atoms with E-state index in [4.69, 9.17) is 0 Å². The van der Waals surface area contributed by atoms with Crippen molar-refractivity contribution in [3.8, 4) is 0 Å². The average Bonchev–Trinajstić information content (AvgIpc) is 2.42. The highest BCUT2D eigenvalue weighted by molar-refractivity contribution is 4.75. The molecule has 0 saturated heterocycles. The Labute approximate surface area is 115 Å². The van der Waals surface area contributed by atoms with Crippen molar-refractivity contribution in [3.63, 3.8) is 0 Å². The van der Waals surface area contributed by atoms with Crippen LogP contribution in [0.3, 0.4) is 0 Å². The van der Waals surface area contributed by atoms with E-state index in [1.54, 1.807) is 0 Å². The molecule has 108 valence electrons. The first kappa shape index (κ1) is 16.0. The first-order valence-electron chi connectivity index (χ1n) is 8.58. The fraction of sp³-hybridized carbons (Fsp3) is 1.00. The van der Waals surface area contributed by atoms with Gasteiger partial charge in [-0.15, -0.1) is 0 Å². The van der Waals surface area contributed by atoms with Crippen molar-refractivity contribution in [2.75, 3.05) is 6.54 Å². The molecule has 1 nitrogen and oxygen atoms in total. The number of rotatable bonds is 10. The Hall–Kier alpha value is -0.0400. The minimum Gasteiger partial charge on any atom is -0.314 e. The summed E-state index contributed by atoms with van der Waals surface area (Å²) in [6.45, 7) is 5.93.